The highest BCUT2D eigenvalue weighted by atomic mass is 35.5. The molecule has 3 nitrogen and oxygen atoms in total. The minimum absolute atomic E-state index is 0.0797. The molecule has 0 amide bonds. The maximum Gasteiger partial charge on any atom is 0.198 e. The molecule has 1 heterocycles. The Labute approximate surface area is 106 Å². The lowest BCUT2D eigenvalue weighted by Gasteiger charge is -2.01. The molecule has 0 spiro atoms. The monoisotopic (exact) mass is 250 g/mol. The third-order valence-corrected chi connectivity index (χ3v) is 2.79. The van der Waals surface area contributed by atoms with E-state index in [-0.39, 0.29) is 6.04 Å². The van der Waals surface area contributed by atoms with Gasteiger partial charge in [0.1, 0.15) is 5.76 Å². The number of oxazole rings is 1. The summed E-state index contributed by atoms with van der Waals surface area (Å²) in [4.78, 5) is 4.22. The minimum Gasteiger partial charge on any atom is -0.445 e. The van der Waals surface area contributed by atoms with E-state index in [9.17, 15) is 0 Å². The lowest BCUT2D eigenvalue weighted by molar-refractivity contribution is 0.452. The van der Waals surface area contributed by atoms with Gasteiger partial charge in [0.25, 0.3) is 0 Å². The molecule has 4 heteroatoms. The average molecular weight is 251 g/mol. The highest BCUT2D eigenvalue weighted by Gasteiger charge is 2.08. The molecular weight excluding hydrogens is 236 g/mol. The van der Waals surface area contributed by atoms with Crippen LogP contribution >= 0.6 is 11.6 Å². The summed E-state index contributed by atoms with van der Waals surface area (Å²) in [7, 11) is 0. The van der Waals surface area contributed by atoms with Crippen LogP contribution in [-0.4, -0.2) is 11.0 Å². The first-order chi connectivity index (χ1) is 8.15. The van der Waals surface area contributed by atoms with Gasteiger partial charge in [-0.05, 0) is 18.6 Å². The van der Waals surface area contributed by atoms with E-state index in [4.69, 9.17) is 21.8 Å². The first kappa shape index (κ1) is 12.1. The van der Waals surface area contributed by atoms with Crippen molar-refractivity contribution in [2.45, 2.75) is 25.8 Å². The largest absolute Gasteiger partial charge is 0.445 e. The molecule has 1 aromatic carbocycles. The molecular formula is C13H15ClN2O. The van der Waals surface area contributed by atoms with Crippen LogP contribution in [-0.2, 0) is 12.8 Å². The molecule has 0 bridgehead atoms. The number of nitrogens with zero attached hydrogens (tertiary/aromatic N) is 1. The molecule has 0 aliphatic rings. The number of rotatable bonds is 4. The highest BCUT2D eigenvalue weighted by molar-refractivity contribution is 6.31. The molecule has 1 aromatic heterocycles. The van der Waals surface area contributed by atoms with Gasteiger partial charge in [-0.15, -0.1) is 0 Å². The predicted octanol–water partition coefficient (Wildman–Crippen LogP) is 2.81. The second-order valence-corrected chi connectivity index (χ2v) is 4.58. The second-order valence-electron chi connectivity index (χ2n) is 4.17. The second kappa shape index (κ2) is 5.34. The fraction of sp³-hybridized carbons (Fsp3) is 0.308. The zero-order chi connectivity index (χ0) is 12.3. The van der Waals surface area contributed by atoms with E-state index in [0.717, 1.165) is 16.3 Å². The lowest BCUT2D eigenvalue weighted by Crippen LogP contribution is -2.17. The zero-order valence-electron chi connectivity index (χ0n) is 9.69. The van der Waals surface area contributed by atoms with E-state index >= 15 is 0 Å². The Morgan fingerprint density at radius 1 is 1.41 bits per heavy atom. The van der Waals surface area contributed by atoms with E-state index in [0.29, 0.717) is 18.7 Å². The Balaban J connectivity index is 2.09. The van der Waals surface area contributed by atoms with Gasteiger partial charge in [-0.3, -0.25) is 0 Å². The molecule has 0 aliphatic heterocycles. The standard InChI is InChI=1S/C13H15ClN2O/c1-9(15)6-11-8-16-13(17-11)7-10-4-2-3-5-12(10)14/h2-5,8-9H,6-7,15H2,1H3. The summed E-state index contributed by atoms with van der Waals surface area (Å²) >= 11 is 6.08. The van der Waals surface area contributed by atoms with Gasteiger partial charge in [-0.1, -0.05) is 29.8 Å². The Hall–Kier alpha value is -1.32. The van der Waals surface area contributed by atoms with Crippen LogP contribution in [0.1, 0.15) is 24.1 Å². The van der Waals surface area contributed by atoms with Crippen LogP contribution in [0.5, 0.6) is 0 Å². The van der Waals surface area contributed by atoms with E-state index in [1.807, 2.05) is 31.2 Å². The first-order valence-corrected chi connectivity index (χ1v) is 5.95. The molecule has 2 aromatic rings. The van der Waals surface area contributed by atoms with E-state index < -0.39 is 0 Å². The van der Waals surface area contributed by atoms with Crippen molar-refractivity contribution in [2.24, 2.45) is 5.73 Å². The van der Waals surface area contributed by atoms with Gasteiger partial charge < -0.3 is 10.2 Å². The van der Waals surface area contributed by atoms with Crippen molar-refractivity contribution in [3.05, 3.63) is 52.7 Å². The van der Waals surface area contributed by atoms with Crippen molar-refractivity contribution in [1.82, 2.24) is 4.98 Å². The molecule has 0 fully saturated rings. The van der Waals surface area contributed by atoms with Crippen molar-refractivity contribution < 1.29 is 4.42 Å². The molecule has 2 N–H and O–H groups in total. The van der Waals surface area contributed by atoms with Crippen LogP contribution in [0.15, 0.2) is 34.9 Å². The number of halogens is 1. The topological polar surface area (TPSA) is 52.0 Å². The van der Waals surface area contributed by atoms with Gasteiger partial charge in [0.15, 0.2) is 5.89 Å². The molecule has 0 aliphatic carbocycles. The van der Waals surface area contributed by atoms with E-state index in [2.05, 4.69) is 4.98 Å². The summed E-state index contributed by atoms with van der Waals surface area (Å²) < 4.78 is 5.60. The van der Waals surface area contributed by atoms with Gasteiger partial charge in [0, 0.05) is 17.5 Å². The first-order valence-electron chi connectivity index (χ1n) is 5.57. The van der Waals surface area contributed by atoms with Crippen molar-refractivity contribution >= 4 is 11.6 Å². The third-order valence-electron chi connectivity index (χ3n) is 2.42. The van der Waals surface area contributed by atoms with Crippen LogP contribution in [0.25, 0.3) is 0 Å². The summed E-state index contributed by atoms with van der Waals surface area (Å²) in [6, 6.07) is 7.77. The number of aromatic nitrogens is 1. The van der Waals surface area contributed by atoms with Gasteiger partial charge in [-0.2, -0.15) is 0 Å². The Kier molecular flexibility index (Phi) is 3.82. The smallest absolute Gasteiger partial charge is 0.198 e. The SMILES string of the molecule is CC(N)Cc1cnc(Cc2ccccc2Cl)o1. The van der Waals surface area contributed by atoms with Gasteiger partial charge >= 0.3 is 0 Å². The van der Waals surface area contributed by atoms with Crippen molar-refractivity contribution in [3.63, 3.8) is 0 Å². The predicted molar refractivity (Wildman–Crippen MR) is 68.1 cm³/mol. The molecule has 90 valence electrons. The summed E-state index contributed by atoms with van der Waals surface area (Å²) in [5.74, 6) is 1.50. The third kappa shape index (κ3) is 3.32. The molecule has 1 unspecified atom stereocenters. The summed E-state index contributed by atoms with van der Waals surface area (Å²) in [6.45, 7) is 1.94. The quantitative estimate of drug-likeness (QED) is 0.908. The molecule has 0 saturated carbocycles. The molecule has 2 rings (SSSR count). The Bertz CT molecular complexity index is 494. The van der Waals surface area contributed by atoms with Crippen molar-refractivity contribution in [1.29, 1.82) is 0 Å². The molecule has 1 atom stereocenters. The minimum atomic E-state index is 0.0797. The van der Waals surface area contributed by atoms with Gasteiger partial charge in [0.2, 0.25) is 0 Å². The Morgan fingerprint density at radius 2 is 2.18 bits per heavy atom. The van der Waals surface area contributed by atoms with Crippen LogP contribution < -0.4 is 5.73 Å². The van der Waals surface area contributed by atoms with Gasteiger partial charge in [-0.25, -0.2) is 4.98 Å². The summed E-state index contributed by atoms with van der Waals surface area (Å²) in [5.41, 5.74) is 6.72. The molecule has 17 heavy (non-hydrogen) atoms. The van der Waals surface area contributed by atoms with Crippen LogP contribution in [0.3, 0.4) is 0 Å². The van der Waals surface area contributed by atoms with Crippen molar-refractivity contribution in [3.8, 4) is 0 Å². The maximum atomic E-state index is 6.08. The van der Waals surface area contributed by atoms with Gasteiger partial charge in [0.05, 0.1) is 12.6 Å². The molecule has 0 radical (unpaired) electrons. The number of nitrogens with two attached hydrogens (primary N) is 1. The van der Waals surface area contributed by atoms with Crippen molar-refractivity contribution in [2.75, 3.05) is 0 Å². The number of hydrogen-bond donors (Lipinski definition) is 1. The summed E-state index contributed by atoms with van der Waals surface area (Å²) in [6.07, 6.45) is 3.05. The highest BCUT2D eigenvalue weighted by Crippen LogP contribution is 2.19. The van der Waals surface area contributed by atoms with Crippen LogP contribution in [0.4, 0.5) is 0 Å². The fourth-order valence-corrected chi connectivity index (χ4v) is 1.85. The van der Waals surface area contributed by atoms with Crippen LogP contribution in [0.2, 0.25) is 5.02 Å². The van der Waals surface area contributed by atoms with Crippen LogP contribution in [0, 0.1) is 0 Å². The zero-order valence-corrected chi connectivity index (χ0v) is 10.4. The Morgan fingerprint density at radius 3 is 2.88 bits per heavy atom. The number of benzene rings is 1. The maximum absolute atomic E-state index is 6.08. The molecule has 0 saturated heterocycles. The fourth-order valence-electron chi connectivity index (χ4n) is 1.65. The lowest BCUT2D eigenvalue weighted by atomic mass is 10.1. The van der Waals surface area contributed by atoms with E-state index in [1.165, 1.54) is 0 Å². The summed E-state index contributed by atoms with van der Waals surface area (Å²) in [5, 5.41) is 0.736. The normalized spacial score (nSPS) is 12.6. The average Bonchev–Trinajstić information content (AvgIpc) is 2.68. The van der Waals surface area contributed by atoms with E-state index in [1.54, 1.807) is 6.20 Å². The number of hydrogen-bond acceptors (Lipinski definition) is 3.